The van der Waals surface area contributed by atoms with Gasteiger partial charge in [0.05, 0.1) is 6.10 Å². The van der Waals surface area contributed by atoms with Crippen molar-refractivity contribution in [2.45, 2.75) is 57.6 Å². The Labute approximate surface area is 120 Å². The van der Waals surface area contributed by atoms with E-state index in [9.17, 15) is 4.79 Å². The smallest absolute Gasteiger partial charge is 0.224 e. The first-order valence-electron chi connectivity index (χ1n) is 7.45. The fourth-order valence-corrected chi connectivity index (χ4v) is 2.43. The second kappa shape index (κ2) is 7.29. The predicted molar refractivity (Wildman–Crippen MR) is 80.8 cm³/mol. The van der Waals surface area contributed by atoms with Crippen molar-refractivity contribution in [3.05, 3.63) is 24.3 Å². The Balaban J connectivity index is 1.86. The average Bonchev–Trinajstić information content (AvgIpc) is 2.89. The van der Waals surface area contributed by atoms with Crippen molar-refractivity contribution in [1.82, 2.24) is 0 Å². The van der Waals surface area contributed by atoms with Crippen LogP contribution in [0.1, 0.15) is 45.4 Å². The zero-order chi connectivity index (χ0) is 14.4. The maximum atomic E-state index is 11.8. The van der Waals surface area contributed by atoms with E-state index in [4.69, 9.17) is 10.5 Å². The molecule has 0 aromatic heterocycles. The molecule has 1 aliphatic carbocycles. The molecule has 1 aliphatic rings. The molecule has 1 aromatic carbocycles. The summed E-state index contributed by atoms with van der Waals surface area (Å²) in [5, 5.41) is 2.89. The highest BCUT2D eigenvalue weighted by Crippen LogP contribution is 2.25. The van der Waals surface area contributed by atoms with Crippen molar-refractivity contribution in [2.75, 3.05) is 5.32 Å². The largest absolute Gasteiger partial charge is 0.490 e. The van der Waals surface area contributed by atoms with Gasteiger partial charge in [-0.05, 0) is 51.2 Å². The lowest BCUT2D eigenvalue weighted by molar-refractivity contribution is -0.116. The maximum absolute atomic E-state index is 11.8. The third-order valence-corrected chi connectivity index (χ3v) is 3.55. The number of benzene rings is 1. The number of hydrogen-bond acceptors (Lipinski definition) is 3. The number of nitrogens with one attached hydrogen (secondary N) is 1. The number of anilines is 1. The minimum absolute atomic E-state index is 0.000293. The zero-order valence-corrected chi connectivity index (χ0v) is 12.1. The summed E-state index contributed by atoms with van der Waals surface area (Å²) in [5.41, 5.74) is 6.44. The molecule has 1 saturated carbocycles. The van der Waals surface area contributed by atoms with Crippen molar-refractivity contribution in [1.29, 1.82) is 0 Å². The highest BCUT2D eigenvalue weighted by Gasteiger charge is 2.16. The van der Waals surface area contributed by atoms with Crippen molar-refractivity contribution >= 4 is 11.6 Å². The van der Waals surface area contributed by atoms with Crippen LogP contribution in [-0.4, -0.2) is 18.1 Å². The number of amides is 1. The van der Waals surface area contributed by atoms with Crippen LogP contribution in [0.3, 0.4) is 0 Å². The molecule has 1 fully saturated rings. The number of rotatable bonds is 6. The Morgan fingerprint density at radius 1 is 1.45 bits per heavy atom. The molecule has 0 heterocycles. The molecule has 20 heavy (non-hydrogen) atoms. The van der Waals surface area contributed by atoms with E-state index < -0.39 is 0 Å². The van der Waals surface area contributed by atoms with Gasteiger partial charge in [-0.3, -0.25) is 4.79 Å². The lowest BCUT2D eigenvalue weighted by Crippen LogP contribution is -2.19. The van der Waals surface area contributed by atoms with Gasteiger partial charge >= 0.3 is 0 Å². The summed E-state index contributed by atoms with van der Waals surface area (Å²) in [5.74, 6) is 0.835. The van der Waals surface area contributed by atoms with E-state index in [1.54, 1.807) is 0 Å². The first kappa shape index (κ1) is 14.9. The van der Waals surface area contributed by atoms with Crippen molar-refractivity contribution in [3.8, 4) is 5.75 Å². The van der Waals surface area contributed by atoms with Crippen molar-refractivity contribution < 1.29 is 9.53 Å². The van der Waals surface area contributed by atoms with E-state index >= 15 is 0 Å². The van der Waals surface area contributed by atoms with Crippen LogP contribution in [0.4, 0.5) is 5.69 Å². The monoisotopic (exact) mass is 276 g/mol. The Morgan fingerprint density at radius 2 is 2.20 bits per heavy atom. The number of hydrogen-bond donors (Lipinski definition) is 2. The van der Waals surface area contributed by atoms with Crippen LogP contribution in [0.15, 0.2) is 24.3 Å². The van der Waals surface area contributed by atoms with Gasteiger partial charge in [-0.1, -0.05) is 6.07 Å². The fraction of sp³-hybridized carbons (Fsp3) is 0.562. The molecule has 2 rings (SSSR count). The second-order valence-corrected chi connectivity index (χ2v) is 5.62. The summed E-state index contributed by atoms with van der Waals surface area (Å²) in [7, 11) is 0. The van der Waals surface area contributed by atoms with Crippen LogP contribution in [0.5, 0.6) is 5.75 Å². The molecule has 0 bridgehead atoms. The molecular weight excluding hydrogens is 252 g/mol. The lowest BCUT2D eigenvalue weighted by Gasteiger charge is -2.14. The molecule has 0 aliphatic heterocycles. The molecule has 0 spiro atoms. The Bertz CT molecular complexity index is 440. The highest BCUT2D eigenvalue weighted by atomic mass is 16.5. The number of nitrogens with two attached hydrogens (primary N) is 1. The second-order valence-electron chi connectivity index (χ2n) is 5.62. The van der Waals surface area contributed by atoms with Crippen LogP contribution in [0.2, 0.25) is 0 Å². The minimum atomic E-state index is 0.000293. The molecule has 3 N–H and O–H groups in total. The summed E-state index contributed by atoms with van der Waals surface area (Å²) in [6.07, 6.45) is 6.24. The van der Waals surface area contributed by atoms with Crippen LogP contribution >= 0.6 is 0 Å². The summed E-state index contributed by atoms with van der Waals surface area (Å²) >= 11 is 0. The van der Waals surface area contributed by atoms with E-state index in [0.29, 0.717) is 18.9 Å². The molecule has 0 radical (unpaired) electrons. The summed E-state index contributed by atoms with van der Waals surface area (Å²) in [6, 6.07) is 7.67. The summed E-state index contributed by atoms with van der Waals surface area (Å²) < 4.78 is 5.92. The van der Waals surface area contributed by atoms with Crippen molar-refractivity contribution in [2.24, 2.45) is 5.73 Å². The molecule has 1 unspecified atom stereocenters. The maximum Gasteiger partial charge on any atom is 0.224 e. The number of ether oxygens (including phenoxy) is 1. The minimum Gasteiger partial charge on any atom is -0.490 e. The van der Waals surface area contributed by atoms with Crippen LogP contribution in [0.25, 0.3) is 0 Å². The standard InChI is InChI=1S/C16H24N2O2/c1-12(17)9-10-16(19)18-13-5-4-8-15(11-13)20-14-6-2-3-7-14/h4-5,8,11-12,14H,2-3,6-7,9-10,17H2,1H3,(H,18,19). The average molecular weight is 276 g/mol. The quantitative estimate of drug-likeness (QED) is 0.839. The first-order valence-corrected chi connectivity index (χ1v) is 7.45. The predicted octanol–water partition coefficient (Wildman–Crippen LogP) is 3.07. The van der Waals surface area contributed by atoms with Gasteiger partial charge in [0.15, 0.2) is 0 Å². The molecule has 110 valence electrons. The SMILES string of the molecule is CC(N)CCC(=O)Nc1cccc(OC2CCCC2)c1. The van der Waals surface area contributed by atoms with Gasteiger partial charge in [0.1, 0.15) is 5.75 Å². The van der Waals surface area contributed by atoms with Gasteiger partial charge < -0.3 is 15.8 Å². The van der Waals surface area contributed by atoms with Crippen LogP contribution < -0.4 is 15.8 Å². The number of carbonyl (C=O) groups is 1. The third-order valence-electron chi connectivity index (χ3n) is 3.55. The Hall–Kier alpha value is -1.55. The number of carbonyl (C=O) groups excluding carboxylic acids is 1. The first-order chi connectivity index (χ1) is 9.63. The summed E-state index contributed by atoms with van der Waals surface area (Å²) in [6.45, 7) is 1.91. The van der Waals surface area contributed by atoms with E-state index in [-0.39, 0.29) is 11.9 Å². The van der Waals surface area contributed by atoms with Gasteiger partial charge in [0.2, 0.25) is 5.91 Å². The molecular formula is C16H24N2O2. The van der Waals surface area contributed by atoms with Gasteiger partial charge in [-0.25, -0.2) is 0 Å². The van der Waals surface area contributed by atoms with E-state index in [2.05, 4.69) is 5.32 Å². The Morgan fingerprint density at radius 3 is 2.90 bits per heavy atom. The summed E-state index contributed by atoms with van der Waals surface area (Å²) in [4.78, 5) is 11.8. The normalized spacial score (nSPS) is 16.9. The van der Waals surface area contributed by atoms with Crippen molar-refractivity contribution in [3.63, 3.8) is 0 Å². The van der Waals surface area contributed by atoms with Gasteiger partial charge in [-0.2, -0.15) is 0 Å². The van der Waals surface area contributed by atoms with Crippen LogP contribution in [0, 0.1) is 0 Å². The van der Waals surface area contributed by atoms with Gasteiger partial charge in [0.25, 0.3) is 0 Å². The third kappa shape index (κ3) is 4.85. The molecule has 4 nitrogen and oxygen atoms in total. The lowest BCUT2D eigenvalue weighted by atomic mass is 10.2. The topological polar surface area (TPSA) is 64.4 Å². The molecule has 1 amide bonds. The molecule has 1 aromatic rings. The molecule has 0 saturated heterocycles. The fourth-order valence-electron chi connectivity index (χ4n) is 2.43. The molecule has 1 atom stereocenters. The van der Waals surface area contributed by atoms with E-state index in [1.165, 1.54) is 12.8 Å². The van der Waals surface area contributed by atoms with E-state index in [0.717, 1.165) is 24.3 Å². The van der Waals surface area contributed by atoms with Crippen LogP contribution in [-0.2, 0) is 4.79 Å². The van der Waals surface area contributed by atoms with E-state index in [1.807, 2.05) is 31.2 Å². The van der Waals surface area contributed by atoms with Gasteiger partial charge in [-0.15, -0.1) is 0 Å². The molecule has 4 heteroatoms. The van der Waals surface area contributed by atoms with Gasteiger partial charge in [0, 0.05) is 24.2 Å². The zero-order valence-electron chi connectivity index (χ0n) is 12.1. The Kier molecular flexibility index (Phi) is 5.41. The highest BCUT2D eigenvalue weighted by molar-refractivity contribution is 5.90.